The van der Waals surface area contributed by atoms with Crippen LogP contribution in [0.3, 0.4) is 0 Å². The molecule has 18 heavy (non-hydrogen) atoms. The number of rotatable bonds is 4. The molecule has 0 saturated heterocycles. The van der Waals surface area contributed by atoms with Crippen molar-refractivity contribution in [1.82, 2.24) is 0 Å². The van der Waals surface area contributed by atoms with Gasteiger partial charge in [-0.15, -0.1) is 0 Å². The monoisotopic (exact) mass is 286 g/mol. The molecule has 0 bridgehead atoms. The first-order chi connectivity index (χ1) is 8.41. The summed E-state index contributed by atoms with van der Waals surface area (Å²) < 4.78 is 24.2. The molecule has 1 N–H and O–H groups in total. The summed E-state index contributed by atoms with van der Waals surface area (Å²) in [5.41, 5.74) is 0.315. The normalized spacial score (nSPS) is 21.9. The molecule has 0 heterocycles. The Morgan fingerprint density at radius 3 is 2.50 bits per heavy atom. The largest absolute Gasteiger partial charge is 0.390 e. The van der Waals surface area contributed by atoms with Gasteiger partial charge >= 0.3 is 0 Å². The zero-order valence-corrected chi connectivity index (χ0v) is 11.5. The minimum absolute atomic E-state index is 0.234. The van der Waals surface area contributed by atoms with E-state index in [1.54, 1.807) is 18.2 Å². The number of hydrogen-bond acceptors (Lipinski definition) is 3. The van der Waals surface area contributed by atoms with E-state index in [1.807, 2.05) is 0 Å². The van der Waals surface area contributed by atoms with Crippen LogP contribution >= 0.6 is 11.6 Å². The molecule has 2 fully saturated rings. The Kier molecular flexibility index (Phi) is 2.74. The van der Waals surface area contributed by atoms with Crippen LogP contribution in [0.1, 0.15) is 31.2 Å². The molecule has 5 heteroatoms. The van der Waals surface area contributed by atoms with Gasteiger partial charge in [-0.3, -0.25) is 0 Å². The van der Waals surface area contributed by atoms with Crippen molar-refractivity contribution in [2.45, 2.75) is 47.9 Å². The van der Waals surface area contributed by atoms with Gasteiger partial charge < -0.3 is 5.11 Å². The maximum absolute atomic E-state index is 12.1. The molecule has 0 unspecified atom stereocenters. The van der Waals surface area contributed by atoms with E-state index in [2.05, 4.69) is 0 Å². The lowest BCUT2D eigenvalue weighted by Crippen LogP contribution is -2.12. The molecule has 0 spiro atoms. The van der Waals surface area contributed by atoms with Crippen LogP contribution in [0.15, 0.2) is 23.1 Å². The van der Waals surface area contributed by atoms with Gasteiger partial charge in [0.05, 0.1) is 20.8 Å². The van der Waals surface area contributed by atoms with E-state index in [0.29, 0.717) is 6.42 Å². The van der Waals surface area contributed by atoms with E-state index >= 15 is 0 Å². The number of hydrogen-bond donors (Lipinski definition) is 1. The van der Waals surface area contributed by atoms with Crippen LogP contribution in [0.5, 0.6) is 0 Å². The molecule has 2 aliphatic rings. The molecule has 1 aromatic rings. The predicted octanol–water partition coefficient (Wildman–Crippen LogP) is 2.34. The van der Waals surface area contributed by atoms with Crippen molar-refractivity contribution in [2.75, 3.05) is 0 Å². The number of aliphatic hydroxyl groups is 1. The van der Waals surface area contributed by atoms with Crippen molar-refractivity contribution in [2.24, 2.45) is 0 Å². The smallest absolute Gasteiger partial charge is 0.182 e. The first kappa shape index (κ1) is 12.5. The third-order valence-electron chi connectivity index (χ3n) is 3.63. The van der Waals surface area contributed by atoms with E-state index < -0.39 is 15.4 Å². The first-order valence-corrected chi connectivity index (χ1v) is 8.08. The fourth-order valence-corrected chi connectivity index (χ4v) is 4.37. The van der Waals surface area contributed by atoms with E-state index in [-0.39, 0.29) is 15.2 Å². The van der Waals surface area contributed by atoms with Crippen molar-refractivity contribution in [3.63, 3.8) is 0 Å². The zero-order valence-electron chi connectivity index (χ0n) is 9.89. The molecular formula is C13H15ClO3S. The molecule has 0 aromatic heterocycles. The standard InChI is InChI=1S/C13H15ClO3S/c14-11-7-9(8-13(15)5-6-13)1-4-12(11)18(16,17)10-2-3-10/h1,4,7,10,15H,2-3,5-6,8H2. The van der Waals surface area contributed by atoms with Crippen molar-refractivity contribution in [3.8, 4) is 0 Å². The Morgan fingerprint density at radius 2 is 2.00 bits per heavy atom. The van der Waals surface area contributed by atoms with Crippen LogP contribution < -0.4 is 0 Å². The zero-order chi connectivity index (χ0) is 13.0. The molecule has 98 valence electrons. The summed E-state index contributed by atoms with van der Waals surface area (Å²) in [4.78, 5) is 0.234. The summed E-state index contributed by atoms with van der Waals surface area (Å²) >= 11 is 6.07. The summed E-state index contributed by atoms with van der Waals surface area (Å²) in [5.74, 6) is 0. The average Bonchev–Trinajstić information content (AvgIpc) is 3.12. The molecule has 0 radical (unpaired) electrons. The van der Waals surface area contributed by atoms with Gasteiger partial charge in [-0.05, 0) is 43.4 Å². The summed E-state index contributed by atoms with van der Waals surface area (Å²) in [6, 6.07) is 5.02. The van der Waals surface area contributed by atoms with E-state index in [9.17, 15) is 13.5 Å². The van der Waals surface area contributed by atoms with Crippen molar-refractivity contribution in [1.29, 1.82) is 0 Å². The first-order valence-electron chi connectivity index (χ1n) is 6.15. The molecule has 1 aromatic carbocycles. The second-order valence-corrected chi connectivity index (χ2v) is 8.01. The third kappa shape index (κ3) is 2.29. The molecule has 0 amide bonds. The average molecular weight is 287 g/mol. The summed E-state index contributed by atoms with van der Waals surface area (Å²) in [6.07, 6.45) is 3.65. The Morgan fingerprint density at radius 1 is 1.33 bits per heavy atom. The lowest BCUT2D eigenvalue weighted by atomic mass is 10.1. The molecule has 3 nitrogen and oxygen atoms in total. The SMILES string of the molecule is O=S(=O)(c1ccc(CC2(O)CC2)cc1Cl)C1CC1. The van der Waals surface area contributed by atoms with Gasteiger partial charge in [0, 0.05) is 6.42 Å². The topological polar surface area (TPSA) is 54.4 Å². The fraction of sp³-hybridized carbons (Fsp3) is 0.538. The van der Waals surface area contributed by atoms with Gasteiger partial charge in [-0.1, -0.05) is 17.7 Å². The van der Waals surface area contributed by atoms with Crippen LogP contribution in [0.4, 0.5) is 0 Å². The highest BCUT2D eigenvalue weighted by atomic mass is 35.5. The summed E-state index contributed by atoms with van der Waals surface area (Å²) in [5, 5.41) is 9.88. The van der Waals surface area contributed by atoms with Gasteiger partial charge in [0.25, 0.3) is 0 Å². The Hall–Kier alpha value is -0.580. The number of benzene rings is 1. The summed E-state index contributed by atoms with van der Waals surface area (Å²) in [6.45, 7) is 0. The van der Waals surface area contributed by atoms with Crippen LogP contribution in [-0.4, -0.2) is 24.4 Å². The van der Waals surface area contributed by atoms with Crippen molar-refractivity contribution < 1.29 is 13.5 Å². The van der Waals surface area contributed by atoms with Gasteiger partial charge in [0.1, 0.15) is 0 Å². The molecule has 2 saturated carbocycles. The van der Waals surface area contributed by atoms with Crippen LogP contribution in [0, 0.1) is 0 Å². The second-order valence-electron chi connectivity index (χ2n) is 5.41. The minimum atomic E-state index is -3.24. The van der Waals surface area contributed by atoms with Crippen molar-refractivity contribution >= 4 is 21.4 Å². The fourth-order valence-electron chi connectivity index (χ4n) is 2.14. The maximum atomic E-state index is 12.1. The van der Waals surface area contributed by atoms with Crippen LogP contribution in [-0.2, 0) is 16.3 Å². The highest BCUT2D eigenvalue weighted by Gasteiger charge is 2.41. The second kappa shape index (κ2) is 3.95. The van der Waals surface area contributed by atoms with Crippen LogP contribution in [0.25, 0.3) is 0 Å². The minimum Gasteiger partial charge on any atom is -0.390 e. The summed E-state index contributed by atoms with van der Waals surface area (Å²) in [7, 11) is -3.24. The Bertz CT molecular complexity index is 586. The quantitative estimate of drug-likeness (QED) is 0.924. The molecule has 3 rings (SSSR count). The maximum Gasteiger partial charge on any atom is 0.182 e. The predicted molar refractivity (Wildman–Crippen MR) is 69.5 cm³/mol. The third-order valence-corrected chi connectivity index (χ3v) is 6.37. The molecule has 0 aliphatic heterocycles. The van der Waals surface area contributed by atoms with Gasteiger partial charge in [0.2, 0.25) is 0 Å². The highest BCUT2D eigenvalue weighted by Crippen LogP contribution is 2.40. The van der Waals surface area contributed by atoms with E-state index in [4.69, 9.17) is 11.6 Å². The van der Waals surface area contributed by atoms with Gasteiger partial charge in [0.15, 0.2) is 9.84 Å². The van der Waals surface area contributed by atoms with E-state index in [1.165, 1.54) is 0 Å². The highest BCUT2D eigenvalue weighted by molar-refractivity contribution is 7.92. The Balaban J connectivity index is 1.89. The lowest BCUT2D eigenvalue weighted by Gasteiger charge is -2.10. The van der Waals surface area contributed by atoms with E-state index in [0.717, 1.165) is 31.2 Å². The van der Waals surface area contributed by atoms with Crippen molar-refractivity contribution in [3.05, 3.63) is 28.8 Å². The number of halogens is 1. The van der Waals surface area contributed by atoms with Gasteiger partial charge in [-0.25, -0.2) is 8.42 Å². The van der Waals surface area contributed by atoms with Crippen LogP contribution in [0.2, 0.25) is 5.02 Å². The van der Waals surface area contributed by atoms with Gasteiger partial charge in [-0.2, -0.15) is 0 Å². The lowest BCUT2D eigenvalue weighted by molar-refractivity contribution is 0.151. The molecule has 0 atom stereocenters. The number of sulfone groups is 1. The molecular weight excluding hydrogens is 272 g/mol. The Labute approximate surface area is 112 Å². The molecule has 2 aliphatic carbocycles.